The molecule has 2 aromatic rings. The van der Waals surface area contributed by atoms with Crippen molar-refractivity contribution in [1.82, 2.24) is 4.98 Å². The second kappa shape index (κ2) is 5.80. The van der Waals surface area contributed by atoms with E-state index in [0.29, 0.717) is 13.2 Å². The highest BCUT2D eigenvalue weighted by atomic mass is 79.9. The van der Waals surface area contributed by atoms with Gasteiger partial charge in [-0.1, -0.05) is 12.1 Å². The minimum atomic E-state index is 0.447. The Kier molecular flexibility index (Phi) is 4.12. The predicted molar refractivity (Wildman–Crippen MR) is 70.6 cm³/mol. The van der Waals surface area contributed by atoms with Crippen molar-refractivity contribution in [3.05, 3.63) is 58.3 Å². The van der Waals surface area contributed by atoms with Crippen LogP contribution in [0.4, 0.5) is 0 Å². The Morgan fingerprint density at radius 2 is 2.06 bits per heavy atom. The number of aromatic nitrogens is 1. The molecule has 0 unspecified atom stereocenters. The number of hydrogen-bond acceptors (Lipinski definition) is 3. The lowest BCUT2D eigenvalue weighted by Gasteiger charge is -2.08. The molecule has 0 bridgehead atoms. The van der Waals surface area contributed by atoms with Crippen molar-refractivity contribution in [1.29, 1.82) is 0 Å². The fourth-order valence-electron chi connectivity index (χ4n) is 1.45. The number of nitrogens with zero attached hydrogens (tertiary/aromatic N) is 1. The van der Waals surface area contributed by atoms with Gasteiger partial charge in [0.05, 0.1) is 10.2 Å². The van der Waals surface area contributed by atoms with Crippen LogP contribution in [0.2, 0.25) is 0 Å². The number of hydrogen-bond donors (Lipinski definition) is 1. The number of rotatable bonds is 4. The summed E-state index contributed by atoms with van der Waals surface area (Å²) in [5.74, 6) is 0.832. The Morgan fingerprint density at radius 1 is 1.24 bits per heavy atom. The lowest BCUT2D eigenvalue weighted by Crippen LogP contribution is -2.02. The molecule has 0 aliphatic heterocycles. The molecule has 2 N–H and O–H groups in total. The molecule has 1 aromatic heterocycles. The smallest absolute Gasteiger partial charge is 0.133 e. The lowest BCUT2D eigenvalue weighted by atomic mass is 10.2. The van der Waals surface area contributed by atoms with Gasteiger partial charge in [0.15, 0.2) is 0 Å². The van der Waals surface area contributed by atoms with Crippen LogP contribution in [-0.4, -0.2) is 4.98 Å². The molecular weight excluding hydrogens is 280 g/mol. The summed E-state index contributed by atoms with van der Waals surface area (Å²) in [6.07, 6.45) is 1.75. The summed E-state index contributed by atoms with van der Waals surface area (Å²) in [6.45, 7) is 0.959. The largest absolute Gasteiger partial charge is 0.488 e. The van der Waals surface area contributed by atoms with Crippen LogP contribution in [0, 0.1) is 0 Å². The molecule has 0 amide bonds. The van der Waals surface area contributed by atoms with Crippen molar-refractivity contribution in [3.63, 3.8) is 0 Å². The molecule has 0 saturated heterocycles. The van der Waals surface area contributed by atoms with Crippen molar-refractivity contribution < 1.29 is 4.74 Å². The molecule has 1 aromatic carbocycles. The first-order valence-corrected chi connectivity index (χ1v) is 6.10. The van der Waals surface area contributed by atoms with E-state index in [0.717, 1.165) is 21.5 Å². The highest BCUT2D eigenvalue weighted by molar-refractivity contribution is 9.10. The number of nitrogens with two attached hydrogens (primary N) is 1. The molecule has 0 aliphatic carbocycles. The number of halogens is 1. The lowest BCUT2D eigenvalue weighted by molar-refractivity contribution is 0.304. The first-order valence-electron chi connectivity index (χ1n) is 5.31. The van der Waals surface area contributed by atoms with E-state index >= 15 is 0 Å². The fraction of sp³-hybridized carbons (Fsp3) is 0.154. The average Bonchev–Trinajstić information content (AvgIpc) is 2.38. The van der Waals surface area contributed by atoms with Gasteiger partial charge >= 0.3 is 0 Å². The third-order valence-corrected chi connectivity index (χ3v) is 2.98. The van der Waals surface area contributed by atoms with Gasteiger partial charge in [-0.2, -0.15) is 0 Å². The van der Waals surface area contributed by atoms with Crippen molar-refractivity contribution in [2.24, 2.45) is 5.73 Å². The van der Waals surface area contributed by atoms with Crippen LogP contribution in [0.15, 0.2) is 47.1 Å². The van der Waals surface area contributed by atoms with E-state index < -0.39 is 0 Å². The third kappa shape index (κ3) is 3.28. The zero-order chi connectivity index (χ0) is 12.1. The van der Waals surface area contributed by atoms with E-state index in [2.05, 4.69) is 20.9 Å². The molecular formula is C13H13BrN2O. The molecule has 0 fully saturated rings. The van der Waals surface area contributed by atoms with E-state index in [4.69, 9.17) is 10.5 Å². The molecule has 0 radical (unpaired) electrons. The second-order valence-corrected chi connectivity index (χ2v) is 4.43. The van der Waals surface area contributed by atoms with E-state index in [1.54, 1.807) is 6.20 Å². The molecule has 0 aliphatic rings. The first kappa shape index (κ1) is 12.1. The molecule has 17 heavy (non-hydrogen) atoms. The zero-order valence-electron chi connectivity index (χ0n) is 9.27. The summed E-state index contributed by atoms with van der Waals surface area (Å²) in [6, 6.07) is 11.7. The van der Waals surface area contributed by atoms with Crippen molar-refractivity contribution in [2.45, 2.75) is 13.2 Å². The molecule has 4 heteroatoms. The van der Waals surface area contributed by atoms with Crippen LogP contribution >= 0.6 is 15.9 Å². The van der Waals surface area contributed by atoms with Crippen molar-refractivity contribution in [2.75, 3.05) is 0 Å². The van der Waals surface area contributed by atoms with Gasteiger partial charge in [-0.05, 0) is 45.8 Å². The van der Waals surface area contributed by atoms with Gasteiger partial charge in [0.2, 0.25) is 0 Å². The zero-order valence-corrected chi connectivity index (χ0v) is 10.9. The second-order valence-electron chi connectivity index (χ2n) is 3.58. The maximum atomic E-state index is 5.71. The maximum absolute atomic E-state index is 5.71. The minimum Gasteiger partial charge on any atom is -0.488 e. The van der Waals surface area contributed by atoms with E-state index in [1.165, 1.54) is 0 Å². The molecule has 0 saturated carbocycles. The van der Waals surface area contributed by atoms with Crippen LogP contribution in [-0.2, 0) is 13.2 Å². The van der Waals surface area contributed by atoms with Crippen LogP contribution in [0.1, 0.15) is 11.3 Å². The average molecular weight is 293 g/mol. The van der Waals surface area contributed by atoms with Crippen molar-refractivity contribution in [3.8, 4) is 5.75 Å². The quantitative estimate of drug-likeness (QED) is 0.943. The molecule has 88 valence electrons. The van der Waals surface area contributed by atoms with Gasteiger partial charge in [-0.15, -0.1) is 0 Å². The highest BCUT2D eigenvalue weighted by Gasteiger charge is 2.01. The highest BCUT2D eigenvalue weighted by Crippen LogP contribution is 2.24. The predicted octanol–water partition coefficient (Wildman–Crippen LogP) is 2.88. The van der Waals surface area contributed by atoms with E-state index in [9.17, 15) is 0 Å². The normalized spacial score (nSPS) is 10.2. The van der Waals surface area contributed by atoms with Crippen LogP contribution in [0.3, 0.4) is 0 Å². The molecule has 2 rings (SSSR count). The van der Waals surface area contributed by atoms with Gasteiger partial charge in [-0.25, -0.2) is 0 Å². The monoisotopic (exact) mass is 292 g/mol. The fourth-order valence-corrected chi connectivity index (χ4v) is 1.85. The van der Waals surface area contributed by atoms with Crippen LogP contribution in [0.5, 0.6) is 5.75 Å². The molecule has 3 nitrogen and oxygen atoms in total. The maximum Gasteiger partial charge on any atom is 0.133 e. The molecule has 0 spiro atoms. The van der Waals surface area contributed by atoms with Gasteiger partial charge in [-0.3, -0.25) is 4.98 Å². The summed E-state index contributed by atoms with van der Waals surface area (Å²) in [4.78, 5) is 4.14. The third-order valence-electron chi connectivity index (χ3n) is 2.32. The van der Waals surface area contributed by atoms with E-state index in [1.807, 2.05) is 36.4 Å². The number of ether oxygens (including phenoxy) is 1. The molecule has 1 heterocycles. The van der Waals surface area contributed by atoms with Crippen LogP contribution in [0.25, 0.3) is 0 Å². The van der Waals surface area contributed by atoms with Crippen molar-refractivity contribution >= 4 is 15.9 Å². The Bertz CT molecular complexity index is 502. The van der Waals surface area contributed by atoms with Gasteiger partial charge in [0.25, 0.3) is 0 Å². The summed E-state index contributed by atoms with van der Waals surface area (Å²) in [7, 11) is 0. The van der Waals surface area contributed by atoms with E-state index in [-0.39, 0.29) is 0 Å². The summed E-state index contributed by atoms with van der Waals surface area (Å²) < 4.78 is 6.66. The minimum absolute atomic E-state index is 0.447. The standard InChI is InChI=1S/C13H13BrN2O/c14-12-3-1-2-4-13(12)17-9-10-5-6-16-11(7-10)8-15/h1-7H,8-9,15H2. The topological polar surface area (TPSA) is 48.1 Å². The number of pyridine rings is 1. The summed E-state index contributed by atoms with van der Waals surface area (Å²) >= 11 is 3.44. The van der Waals surface area contributed by atoms with Gasteiger partial charge in [0, 0.05) is 12.7 Å². The summed E-state index contributed by atoms with van der Waals surface area (Å²) in [5, 5.41) is 0. The first-order chi connectivity index (χ1) is 8.29. The Balaban J connectivity index is 2.05. The van der Waals surface area contributed by atoms with Gasteiger partial charge in [0.1, 0.15) is 12.4 Å². The van der Waals surface area contributed by atoms with Crippen LogP contribution < -0.4 is 10.5 Å². The number of benzene rings is 1. The Hall–Kier alpha value is -1.39. The Morgan fingerprint density at radius 3 is 2.82 bits per heavy atom. The Labute approximate surface area is 109 Å². The molecule has 0 atom stereocenters. The summed E-state index contributed by atoms with van der Waals surface area (Å²) in [5.41, 5.74) is 7.48. The SMILES string of the molecule is NCc1cc(COc2ccccc2Br)ccn1. The number of para-hydroxylation sites is 1. The van der Waals surface area contributed by atoms with Gasteiger partial charge < -0.3 is 10.5 Å².